The van der Waals surface area contributed by atoms with Crippen LogP contribution in [0.4, 0.5) is 0 Å². The predicted molar refractivity (Wildman–Crippen MR) is 131 cm³/mol. The van der Waals surface area contributed by atoms with Crippen LogP contribution in [-0.4, -0.2) is 0 Å². The summed E-state index contributed by atoms with van der Waals surface area (Å²) < 4.78 is 0. The highest BCUT2D eigenvalue weighted by molar-refractivity contribution is 4.56. The summed E-state index contributed by atoms with van der Waals surface area (Å²) in [6.45, 7) is 4.48. The van der Waals surface area contributed by atoms with Gasteiger partial charge in [-0.15, -0.1) is 0 Å². The molecule has 0 heteroatoms. The second-order valence-corrected chi connectivity index (χ2v) is 9.33. The molecule has 0 aliphatic heterocycles. The Balaban J connectivity index is 2.96. The molecule has 0 atom stereocenters. The summed E-state index contributed by atoms with van der Waals surface area (Å²) >= 11 is 0. The lowest BCUT2D eigenvalue weighted by Gasteiger charge is -2.04. The maximum Gasteiger partial charge on any atom is -0.0417 e. The number of hydrogen-bond acceptors (Lipinski definition) is 0. The molecular weight excluding hydrogens is 336 g/mol. The van der Waals surface area contributed by atoms with Gasteiger partial charge in [0.25, 0.3) is 0 Å². The molecule has 169 valence electrons. The summed E-state index contributed by atoms with van der Waals surface area (Å²) in [6, 6.07) is 0. The largest absolute Gasteiger partial charge is 0.0654 e. The molecule has 0 amide bonds. The molecule has 0 unspecified atom stereocenters. The molecule has 0 rings (SSSR count). The molecule has 0 heterocycles. The molecule has 0 aliphatic rings. The van der Waals surface area contributed by atoms with Gasteiger partial charge in [-0.3, -0.25) is 0 Å². The monoisotopic (exact) mass is 393 g/mol. The zero-order valence-corrected chi connectivity index (χ0v) is 20.3. The van der Waals surface area contributed by atoms with Gasteiger partial charge in [-0.25, -0.2) is 0 Å². The standard InChI is InChI=1S/C28H57/c1-3-5-7-9-11-13-15-17-19-21-23-25-27-28-26-24-22-20-18-16-14-12-10-8-6-4-2/h3H,4-28H2,1-2H3. The van der Waals surface area contributed by atoms with E-state index >= 15 is 0 Å². The number of unbranched alkanes of at least 4 members (excludes halogenated alkanes) is 25. The number of hydrogen-bond donors (Lipinski definition) is 0. The fourth-order valence-corrected chi connectivity index (χ4v) is 4.31. The topological polar surface area (TPSA) is 0 Å². The SMILES string of the molecule is C[CH]CCCCCCCCCCCCCCCCCCCCCCCCCC. The first-order chi connectivity index (χ1) is 13.9. The van der Waals surface area contributed by atoms with Gasteiger partial charge in [-0.1, -0.05) is 174 Å². The molecule has 28 heavy (non-hydrogen) atoms. The van der Waals surface area contributed by atoms with E-state index in [1.54, 1.807) is 0 Å². The zero-order chi connectivity index (χ0) is 20.4. The summed E-state index contributed by atoms with van der Waals surface area (Å²) in [6.07, 6.45) is 39.0. The smallest absolute Gasteiger partial charge is 0.0417 e. The van der Waals surface area contributed by atoms with Crippen LogP contribution in [0.3, 0.4) is 0 Å². The molecule has 0 saturated heterocycles. The lowest BCUT2D eigenvalue weighted by molar-refractivity contribution is 0.517. The van der Waals surface area contributed by atoms with Crippen molar-refractivity contribution < 1.29 is 0 Å². The van der Waals surface area contributed by atoms with Gasteiger partial charge in [0.15, 0.2) is 0 Å². The second kappa shape index (κ2) is 27.0. The summed E-state index contributed by atoms with van der Waals surface area (Å²) in [5.74, 6) is 0. The van der Waals surface area contributed by atoms with Crippen molar-refractivity contribution in [3.05, 3.63) is 6.42 Å². The highest BCUT2D eigenvalue weighted by Gasteiger charge is 1.96. The first-order valence-corrected chi connectivity index (χ1v) is 13.7. The quantitative estimate of drug-likeness (QED) is 0.135. The summed E-state index contributed by atoms with van der Waals surface area (Å²) in [4.78, 5) is 0. The normalized spacial score (nSPS) is 11.4. The van der Waals surface area contributed by atoms with E-state index in [-0.39, 0.29) is 0 Å². The van der Waals surface area contributed by atoms with E-state index in [9.17, 15) is 0 Å². The average Bonchev–Trinajstić information content (AvgIpc) is 2.71. The highest BCUT2D eigenvalue weighted by Crippen LogP contribution is 2.15. The van der Waals surface area contributed by atoms with Gasteiger partial charge in [0, 0.05) is 0 Å². The van der Waals surface area contributed by atoms with Crippen LogP contribution in [0, 0.1) is 6.42 Å². The Labute approximate surface area is 181 Å². The van der Waals surface area contributed by atoms with E-state index in [4.69, 9.17) is 0 Å². The van der Waals surface area contributed by atoms with Gasteiger partial charge in [0.1, 0.15) is 0 Å². The predicted octanol–water partition coefficient (Wildman–Crippen LogP) is 11.0. The van der Waals surface area contributed by atoms with E-state index in [0.29, 0.717) is 0 Å². The Bertz CT molecular complexity index is 218. The van der Waals surface area contributed by atoms with Crippen LogP contribution in [0.1, 0.15) is 174 Å². The molecule has 0 aromatic carbocycles. The lowest BCUT2D eigenvalue weighted by atomic mass is 10.0. The molecule has 0 nitrogen and oxygen atoms in total. The van der Waals surface area contributed by atoms with Crippen molar-refractivity contribution in [1.82, 2.24) is 0 Å². The van der Waals surface area contributed by atoms with E-state index in [2.05, 4.69) is 20.3 Å². The Morgan fingerprint density at radius 1 is 0.321 bits per heavy atom. The van der Waals surface area contributed by atoms with Gasteiger partial charge in [0.05, 0.1) is 0 Å². The van der Waals surface area contributed by atoms with E-state index < -0.39 is 0 Å². The van der Waals surface area contributed by atoms with Crippen molar-refractivity contribution in [2.24, 2.45) is 0 Å². The minimum absolute atomic E-state index is 1.32. The molecule has 1 radical (unpaired) electrons. The second-order valence-electron chi connectivity index (χ2n) is 9.33. The van der Waals surface area contributed by atoms with Crippen molar-refractivity contribution in [2.45, 2.75) is 174 Å². The molecular formula is C28H57. The third-order valence-corrected chi connectivity index (χ3v) is 6.35. The van der Waals surface area contributed by atoms with Gasteiger partial charge in [0.2, 0.25) is 0 Å². The van der Waals surface area contributed by atoms with E-state index in [1.165, 1.54) is 161 Å². The van der Waals surface area contributed by atoms with Crippen LogP contribution >= 0.6 is 0 Å². The van der Waals surface area contributed by atoms with Gasteiger partial charge in [-0.2, -0.15) is 0 Å². The van der Waals surface area contributed by atoms with Crippen molar-refractivity contribution in [3.8, 4) is 0 Å². The van der Waals surface area contributed by atoms with Crippen molar-refractivity contribution in [3.63, 3.8) is 0 Å². The third kappa shape index (κ3) is 26.0. The van der Waals surface area contributed by atoms with E-state index in [1.807, 2.05) is 0 Å². The van der Waals surface area contributed by atoms with Crippen molar-refractivity contribution in [1.29, 1.82) is 0 Å². The van der Waals surface area contributed by atoms with Gasteiger partial charge >= 0.3 is 0 Å². The Hall–Kier alpha value is 0. The van der Waals surface area contributed by atoms with Crippen LogP contribution in [0.25, 0.3) is 0 Å². The van der Waals surface area contributed by atoms with Crippen LogP contribution in [0.2, 0.25) is 0 Å². The molecule has 0 aromatic rings. The fraction of sp³-hybridized carbons (Fsp3) is 0.964. The average molecular weight is 394 g/mol. The molecule has 0 bridgehead atoms. The molecule has 0 aliphatic carbocycles. The third-order valence-electron chi connectivity index (χ3n) is 6.35. The summed E-state index contributed by atoms with van der Waals surface area (Å²) in [5, 5.41) is 0. The first kappa shape index (κ1) is 28.0. The van der Waals surface area contributed by atoms with Crippen molar-refractivity contribution in [2.75, 3.05) is 0 Å². The maximum absolute atomic E-state index is 2.30. The van der Waals surface area contributed by atoms with Crippen LogP contribution in [0.15, 0.2) is 0 Å². The van der Waals surface area contributed by atoms with E-state index in [0.717, 1.165) is 0 Å². The molecule has 0 N–H and O–H groups in total. The minimum atomic E-state index is 1.32. The highest BCUT2D eigenvalue weighted by atomic mass is 14.0. The molecule has 0 fully saturated rings. The molecule has 0 spiro atoms. The van der Waals surface area contributed by atoms with Crippen molar-refractivity contribution >= 4 is 0 Å². The van der Waals surface area contributed by atoms with Crippen LogP contribution in [0.5, 0.6) is 0 Å². The Morgan fingerprint density at radius 2 is 0.536 bits per heavy atom. The Morgan fingerprint density at radius 3 is 0.750 bits per heavy atom. The van der Waals surface area contributed by atoms with Gasteiger partial charge in [-0.05, 0) is 6.42 Å². The fourth-order valence-electron chi connectivity index (χ4n) is 4.31. The Kier molecular flexibility index (Phi) is 27.0. The molecule has 0 saturated carbocycles. The minimum Gasteiger partial charge on any atom is -0.0654 e. The number of rotatable bonds is 25. The zero-order valence-electron chi connectivity index (χ0n) is 20.3. The maximum atomic E-state index is 2.30. The van der Waals surface area contributed by atoms with Crippen LogP contribution < -0.4 is 0 Å². The van der Waals surface area contributed by atoms with Gasteiger partial charge < -0.3 is 0 Å². The van der Waals surface area contributed by atoms with Crippen LogP contribution in [-0.2, 0) is 0 Å². The molecule has 0 aromatic heterocycles. The summed E-state index contributed by atoms with van der Waals surface area (Å²) in [5.41, 5.74) is 0. The first-order valence-electron chi connectivity index (χ1n) is 13.7. The summed E-state index contributed by atoms with van der Waals surface area (Å²) in [7, 11) is 0. The lowest BCUT2D eigenvalue weighted by Crippen LogP contribution is -1.84.